The zero-order valence-corrected chi connectivity index (χ0v) is 16.4. The van der Waals surface area contributed by atoms with Crippen molar-refractivity contribution >= 4 is 34.2 Å². The standard InChI is InChI=1S/C19H24N4O3S/c1-3-5-13-21-22-19(27-13)20-16(24)12(4-2)23-17(25)14-10-6-7-11(9-8-10)15(14)18(23)26/h6-7,10-12,14-15H,3-5,8-9H2,1-2H3,(H,20,22,24). The number of amides is 3. The van der Waals surface area contributed by atoms with Crippen LogP contribution in [0.15, 0.2) is 12.2 Å². The third-order valence-corrected chi connectivity index (χ3v) is 6.85. The summed E-state index contributed by atoms with van der Waals surface area (Å²) in [6.45, 7) is 3.88. The lowest BCUT2D eigenvalue weighted by atomic mass is 9.63. The summed E-state index contributed by atoms with van der Waals surface area (Å²) in [5.74, 6) is -1.06. The second-order valence-electron chi connectivity index (χ2n) is 7.55. The van der Waals surface area contributed by atoms with Crippen LogP contribution < -0.4 is 5.32 Å². The Kier molecular flexibility index (Phi) is 4.84. The summed E-state index contributed by atoms with van der Waals surface area (Å²) in [7, 11) is 0. The molecule has 1 aliphatic heterocycles. The highest BCUT2D eigenvalue weighted by Crippen LogP contribution is 2.50. The number of allylic oxidation sites excluding steroid dienone is 2. The number of hydrogen-bond acceptors (Lipinski definition) is 6. The molecule has 4 aliphatic rings. The minimum absolute atomic E-state index is 0.127. The van der Waals surface area contributed by atoms with E-state index in [0.29, 0.717) is 11.6 Å². The molecule has 8 heteroatoms. The number of anilines is 1. The van der Waals surface area contributed by atoms with Gasteiger partial charge in [0.15, 0.2) is 0 Å². The third-order valence-electron chi connectivity index (χ3n) is 5.96. The molecule has 5 rings (SSSR count). The van der Waals surface area contributed by atoms with E-state index in [2.05, 4.69) is 34.6 Å². The van der Waals surface area contributed by atoms with Crippen molar-refractivity contribution in [2.24, 2.45) is 23.7 Å². The van der Waals surface area contributed by atoms with Gasteiger partial charge in [-0.25, -0.2) is 0 Å². The van der Waals surface area contributed by atoms with Crippen molar-refractivity contribution in [2.75, 3.05) is 5.32 Å². The van der Waals surface area contributed by atoms with Crippen LogP contribution in [0.2, 0.25) is 0 Å². The Hall–Kier alpha value is -2.09. The maximum Gasteiger partial charge on any atom is 0.249 e. The molecule has 27 heavy (non-hydrogen) atoms. The fourth-order valence-electron chi connectivity index (χ4n) is 4.70. The highest BCUT2D eigenvalue weighted by atomic mass is 32.1. The number of rotatable bonds is 6. The van der Waals surface area contributed by atoms with Crippen molar-refractivity contribution in [3.8, 4) is 0 Å². The fourth-order valence-corrected chi connectivity index (χ4v) is 5.54. The Balaban J connectivity index is 1.52. The molecular formula is C19H24N4O3S. The Bertz CT molecular complexity index is 773. The molecule has 0 radical (unpaired) electrons. The number of carbonyl (C=O) groups is 3. The minimum atomic E-state index is -0.798. The van der Waals surface area contributed by atoms with Crippen LogP contribution in [0.4, 0.5) is 5.13 Å². The molecular weight excluding hydrogens is 364 g/mol. The third kappa shape index (κ3) is 2.99. The normalized spacial score (nSPS) is 29.9. The molecule has 5 unspecified atom stereocenters. The predicted octanol–water partition coefficient (Wildman–Crippen LogP) is 2.40. The summed E-state index contributed by atoms with van der Waals surface area (Å²) in [4.78, 5) is 40.2. The first-order valence-corrected chi connectivity index (χ1v) is 10.5. The van der Waals surface area contributed by atoms with Crippen molar-refractivity contribution < 1.29 is 14.4 Å². The summed E-state index contributed by atoms with van der Waals surface area (Å²) in [6.07, 6.45) is 8.21. The summed E-state index contributed by atoms with van der Waals surface area (Å²) in [6, 6.07) is -0.798. The first-order valence-electron chi connectivity index (χ1n) is 9.73. The Morgan fingerprint density at radius 2 is 1.81 bits per heavy atom. The highest BCUT2D eigenvalue weighted by Gasteiger charge is 2.58. The predicted molar refractivity (Wildman–Crippen MR) is 101 cm³/mol. The van der Waals surface area contributed by atoms with E-state index in [9.17, 15) is 14.4 Å². The monoisotopic (exact) mass is 388 g/mol. The van der Waals surface area contributed by atoms with Gasteiger partial charge >= 0.3 is 0 Å². The van der Waals surface area contributed by atoms with Crippen LogP contribution in [-0.2, 0) is 20.8 Å². The Morgan fingerprint density at radius 3 is 2.33 bits per heavy atom. The second-order valence-corrected chi connectivity index (χ2v) is 8.61. The van der Waals surface area contributed by atoms with Gasteiger partial charge in [0.2, 0.25) is 22.9 Å². The maximum absolute atomic E-state index is 13.1. The highest BCUT2D eigenvalue weighted by molar-refractivity contribution is 7.15. The first-order chi connectivity index (χ1) is 13.0. The lowest BCUT2D eigenvalue weighted by Gasteiger charge is -2.38. The van der Waals surface area contributed by atoms with E-state index in [1.165, 1.54) is 16.2 Å². The Morgan fingerprint density at radius 1 is 1.19 bits per heavy atom. The molecule has 3 aliphatic carbocycles. The number of nitrogens with zero attached hydrogens (tertiary/aromatic N) is 3. The molecule has 2 heterocycles. The second kappa shape index (κ2) is 7.14. The minimum Gasteiger partial charge on any atom is -0.299 e. The van der Waals surface area contributed by atoms with Crippen LogP contribution >= 0.6 is 11.3 Å². The molecule has 0 aromatic carbocycles. The topological polar surface area (TPSA) is 92.3 Å². The van der Waals surface area contributed by atoms with Crippen LogP contribution in [0, 0.1) is 23.7 Å². The number of nitrogens with one attached hydrogen (secondary N) is 1. The molecule has 2 bridgehead atoms. The van der Waals surface area contributed by atoms with E-state index in [-0.39, 0.29) is 41.4 Å². The molecule has 1 saturated carbocycles. The lowest BCUT2D eigenvalue weighted by molar-refractivity contribution is -0.146. The van der Waals surface area contributed by atoms with E-state index in [1.54, 1.807) is 0 Å². The summed E-state index contributed by atoms with van der Waals surface area (Å²) in [5, 5.41) is 12.1. The van der Waals surface area contributed by atoms with Crippen molar-refractivity contribution in [3.05, 3.63) is 17.2 Å². The number of fused-ring (bicyclic) bond motifs is 1. The molecule has 144 valence electrons. The number of aromatic nitrogens is 2. The number of carbonyl (C=O) groups excluding carboxylic acids is 3. The van der Waals surface area contributed by atoms with Gasteiger partial charge in [-0.3, -0.25) is 24.6 Å². The van der Waals surface area contributed by atoms with Crippen molar-refractivity contribution in [2.45, 2.75) is 52.0 Å². The van der Waals surface area contributed by atoms with Gasteiger partial charge in [-0.1, -0.05) is 37.3 Å². The van der Waals surface area contributed by atoms with E-state index < -0.39 is 6.04 Å². The molecule has 3 amide bonds. The summed E-state index contributed by atoms with van der Waals surface area (Å²) in [5.41, 5.74) is 0. The number of hydrogen-bond donors (Lipinski definition) is 1. The SMILES string of the molecule is CCCc1nnc(NC(=O)C(CC)N2C(=O)C3C4C=CC(CC4)C3C2=O)s1. The average Bonchev–Trinajstić information content (AvgIpc) is 3.22. The quantitative estimate of drug-likeness (QED) is 0.597. The van der Waals surface area contributed by atoms with E-state index >= 15 is 0 Å². The van der Waals surface area contributed by atoms with Crippen LogP contribution in [0.25, 0.3) is 0 Å². The van der Waals surface area contributed by atoms with Gasteiger partial charge in [0.05, 0.1) is 11.8 Å². The van der Waals surface area contributed by atoms with Crippen molar-refractivity contribution in [1.29, 1.82) is 0 Å². The summed E-state index contributed by atoms with van der Waals surface area (Å²) >= 11 is 1.34. The number of imide groups is 1. The fraction of sp³-hybridized carbons (Fsp3) is 0.632. The zero-order chi connectivity index (χ0) is 19.1. The smallest absolute Gasteiger partial charge is 0.249 e. The van der Waals surface area contributed by atoms with Gasteiger partial charge in [-0.2, -0.15) is 0 Å². The van der Waals surface area contributed by atoms with Crippen LogP contribution in [0.1, 0.15) is 44.5 Å². The molecule has 1 N–H and O–H groups in total. The van der Waals surface area contributed by atoms with Crippen LogP contribution in [0.5, 0.6) is 0 Å². The average molecular weight is 388 g/mol. The Labute approximate surface area is 162 Å². The lowest BCUT2D eigenvalue weighted by Crippen LogP contribution is -2.47. The van der Waals surface area contributed by atoms with Crippen molar-refractivity contribution in [3.63, 3.8) is 0 Å². The van der Waals surface area contributed by atoms with Crippen LogP contribution in [-0.4, -0.2) is 38.9 Å². The molecule has 1 saturated heterocycles. The molecule has 0 spiro atoms. The largest absolute Gasteiger partial charge is 0.299 e. The van der Waals surface area contributed by atoms with Gasteiger partial charge < -0.3 is 0 Å². The van der Waals surface area contributed by atoms with E-state index in [4.69, 9.17) is 0 Å². The molecule has 1 aromatic heterocycles. The zero-order valence-electron chi connectivity index (χ0n) is 15.6. The van der Waals surface area contributed by atoms with E-state index in [0.717, 1.165) is 30.7 Å². The van der Waals surface area contributed by atoms with Gasteiger partial charge in [-0.05, 0) is 37.5 Å². The first kappa shape index (κ1) is 18.3. The van der Waals surface area contributed by atoms with Gasteiger partial charge in [0.25, 0.3) is 0 Å². The van der Waals surface area contributed by atoms with E-state index in [1.807, 2.05) is 6.92 Å². The van der Waals surface area contributed by atoms with Gasteiger partial charge in [0.1, 0.15) is 11.0 Å². The number of likely N-dealkylation sites (tertiary alicyclic amines) is 1. The molecule has 1 aromatic rings. The van der Waals surface area contributed by atoms with Gasteiger partial charge in [0, 0.05) is 6.42 Å². The number of aryl methyl sites for hydroxylation is 1. The van der Waals surface area contributed by atoms with Gasteiger partial charge in [-0.15, -0.1) is 10.2 Å². The van der Waals surface area contributed by atoms with Crippen molar-refractivity contribution in [1.82, 2.24) is 15.1 Å². The molecule has 7 nitrogen and oxygen atoms in total. The maximum atomic E-state index is 13.1. The van der Waals surface area contributed by atoms with Crippen LogP contribution in [0.3, 0.4) is 0 Å². The molecule has 5 atom stereocenters. The summed E-state index contributed by atoms with van der Waals surface area (Å²) < 4.78 is 0. The molecule has 2 fully saturated rings.